The molecule has 2 aliphatic rings. The molecule has 0 aliphatic heterocycles. The van der Waals surface area contributed by atoms with Gasteiger partial charge in [-0.3, -0.25) is 0 Å². The highest BCUT2D eigenvalue weighted by Gasteiger charge is 2.32. The van der Waals surface area contributed by atoms with E-state index in [0.717, 1.165) is 0 Å². The monoisotopic (exact) mass is 812 g/mol. The predicted octanol–water partition coefficient (Wildman–Crippen LogP) is 19.6. The fraction of sp³-hybridized carbons (Fsp3) is 0.333. The Morgan fingerprint density at radius 1 is 0.377 bits per heavy atom. The Kier molecular flexibility index (Phi) is 18.5. The van der Waals surface area contributed by atoms with Crippen LogP contribution in [0, 0.1) is 27.7 Å². The van der Waals surface area contributed by atoms with E-state index in [-0.39, 0.29) is 0 Å². The third kappa shape index (κ3) is 7.92. The number of hydrogen-bond acceptors (Lipinski definition) is 1. The number of nitrogens with two attached hydrogens (primary N) is 1. The fourth-order valence-electron chi connectivity index (χ4n) is 9.42. The maximum atomic E-state index is 4.50. The molecule has 0 atom stereocenters. The molecule has 0 bridgehead atoms. The lowest BCUT2D eigenvalue weighted by atomic mass is 9.86. The van der Waals surface area contributed by atoms with Crippen LogP contribution in [0.3, 0.4) is 0 Å². The maximum absolute atomic E-state index is 4.50. The number of unbranched alkanes of at least 4 members (excludes halogenated alkanes) is 1. The van der Waals surface area contributed by atoms with Gasteiger partial charge in [0, 0.05) is 0 Å². The predicted molar refractivity (Wildman–Crippen MR) is 285 cm³/mol. The zero-order chi connectivity index (χ0) is 45.9. The van der Waals surface area contributed by atoms with E-state index in [9.17, 15) is 0 Å². The molecule has 0 amide bonds. The molecule has 0 unspecified atom stereocenters. The molecule has 322 valence electrons. The minimum Gasteiger partial charge on any atom is -0.333 e. The van der Waals surface area contributed by atoms with E-state index >= 15 is 0 Å². The minimum atomic E-state index is 1.19. The van der Waals surface area contributed by atoms with Crippen molar-refractivity contribution in [2.45, 2.75) is 130 Å². The molecule has 0 saturated carbocycles. The van der Waals surface area contributed by atoms with Gasteiger partial charge in [-0.1, -0.05) is 200 Å². The Hall–Kier alpha value is -5.24. The van der Waals surface area contributed by atoms with Crippen LogP contribution in [-0.4, -0.2) is 7.05 Å². The number of hydrogen-bond donors (Lipinski definition) is 1. The van der Waals surface area contributed by atoms with E-state index in [1.54, 1.807) is 0 Å². The zero-order valence-corrected chi connectivity index (χ0v) is 41.2. The largest absolute Gasteiger partial charge is 0.333 e. The molecule has 10 rings (SSSR count). The molecule has 0 radical (unpaired) electrons. The Labute approximate surface area is 371 Å². The Morgan fingerprint density at radius 3 is 0.852 bits per heavy atom. The van der Waals surface area contributed by atoms with Gasteiger partial charge in [0.05, 0.1) is 0 Å². The summed E-state index contributed by atoms with van der Waals surface area (Å²) in [6, 6.07) is 28.1. The first-order valence-corrected chi connectivity index (χ1v) is 23.5. The zero-order valence-electron chi connectivity index (χ0n) is 41.2. The first-order valence-electron chi connectivity index (χ1n) is 23.5. The molecular weight excluding hydrogens is 735 g/mol. The molecule has 0 heterocycles. The normalized spacial score (nSPS) is 10.5. The van der Waals surface area contributed by atoms with E-state index < -0.39 is 0 Å². The fourth-order valence-corrected chi connectivity index (χ4v) is 9.42. The maximum Gasteiger partial charge on any atom is -0.00137 e. The summed E-state index contributed by atoms with van der Waals surface area (Å²) in [5.74, 6) is 0. The lowest BCUT2D eigenvalue weighted by Gasteiger charge is -2.17. The standard InChI is InChI=1S/C44H30.C4H10.C3H8.4C2H6.CH5N/c1-7-25-21(3)37-33-17-13-29-31-15-19-35-39-23(5)27-11-9-10-12-28(27)24(6)40(39)36-20-16-32(42(31)44(35)36)30-14-18-34(43(33)41(29)30)38(37)22(4)26(25)8-2;1-3-4-2;1-3-2;5*1-2/h7-20H,1-2H2,3-6H3;3-4H2,1-2H3;3H2,1-2H3;4*1-2H3;2H2,1H3. The van der Waals surface area contributed by atoms with Gasteiger partial charge in [0.2, 0.25) is 0 Å². The minimum absolute atomic E-state index is 1.19. The Balaban J connectivity index is 0.000000518. The van der Waals surface area contributed by atoms with Crippen molar-refractivity contribution in [3.05, 3.63) is 119 Å². The van der Waals surface area contributed by atoms with Crippen molar-refractivity contribution >= 4 is 66.0 Å². The van der Waals surface area contributed by atoms with Crippen molar-refractivity contribution < 1.29 is 0 Å². The summed E-state index contributed by atoms with van der Waals surface area (Å²) in [6.45, 7) is 42.1. The third-order valence-corrected chi connectivity index (χ3v) is 11.7. The SMILES string of the molecule is C=Cc1c(C)c2c(c(C)c1C=C)-c1ccc3c4ccc5c6c(ccc(c7ccc-2c1c73)c64)-c1c-5c(C)c2ccccc2c1C.CC.CC.CC.CC.CCC.CCCC.CN. The lowest BCUT2D eigenvalue weighted by Crippen LogP contribution is -1.96. The van der Waals surface area contributed by atoms with Crippen LogP contribution in [0.2, 0.25) is 0 Å². The van der Waals surface area contributed by atoms with Crippen LogP contribution in [0.1, 0.15) is 136 Å². The molecule has 0 spiro atoms. The molecule has 8 aromatic carbocycles. The quantitative estimate of drug-likeness (QED) is 0.140. The Morgan fingerprint density at radius 2 is 0.623 bits per heavy atom. The van der Waals surface area contributed by atoms with Gasteiger partial charge in [0.15, 0.2) is 0 Å². The summed E-state index contributed by atoms with van der Waals surface area (Å²) in [5.41, 5.74) is 23.2. The summed E-state index contributed by atoms with van der Waals surface area (Å²) in [5, 5.41) is 13.7. The summed E-state index contributed by atoms with van der Waals surface area (Å²) in [7, 11) is 1.50. The van der Waals surface area contributed by atoms with Gasteiger partial charge in [-0.25, -0.2) is 0 Å². The summed E-state index contributed by atoms with van der Waals surface area (Å²) < 4.78 is 0. The van der Waals surface area contributed by atoms with Crippen LogP contribution in [0.5, 0.6) is 0 Å². The summed E-state index contributed by atoms with van der Waals surface area (Å²) in [6.07, 6.45) is 7.89. The number of rotatable bonds is 3. The van der Waals surface area contributed by atoms with Crippen LogP contribution in [0.15, 0.2) is 86.0 Å². The average molecular weight is 812 g/mol. The highest BCUT2D eigenvalue weighted by atomic mass is 14.4. The highest BCUT2D eigenvalue weighted by Crippen LogP contribution is 2.58. The van der Waals surface area contributed by atoms with E-state index in [1.165, 1.54) is 158 Å². The second-order valence-corrected chi connectivity index (χ2v) is 14.6. The smallest absolute Gasteiger partial charge is 0.00137 e. The van der Waals surface area contributed by atoms with Gasteiger partial charge in [0.25, 0.3) is 0 Å². The second-order valence-electron chi connectivity index (χ2n) is 14.6. The molecule has 2 N–H and O–H groups in total. The first kappa shape index (κ1) is 50.1. The molecule has 8 aromatic rings. The first-order chi connectivity index (χ1) is 29.8. The van der Waals surface area contributed by atoms with Crippen molar-refractivity contribution in [3.63, 3.8) is 0 Å². The molecule has 1 heteroatoms. The van der Waals surface area contributed by atoms with E-state index in [0.29, 0.717) is 0 Å². The lowest BCUT2D eigenvalue weighted by molar-refractivity contribution is 0.886. The molecular formula is C60H77N. The molecule has 61 heavy (non-hydrogen) atoms. The van der Waals surface area contributed by atoms with Crippen LogP contribution < -0.4 is 5.73 Å². The van der Waals surface area contributed by atoms with E-state index in [4.69, 9.17) is 0 Å². The van der Waals surface area contributed by atoms with Gasteiger partial charge in [-0.2, -0.15) is 0 Å². The summed E-state index contributed by atoms with van der Waals surface area (Å²) >= 11 is 0. The van der Waals surface area contributed by atoms with Crippen LogP contribution in [-0.2, 0) is 0 Å². The van der Waals surface area contributed by atoms with Crippen molar-refractivity contribution in [2.75, 3.05) is 7.05 Å². The second kappa shape index (κ2) is 22.6. The summed E-state index contributed by atoms with van der Waals surface area (Å²) in [4.78, 5) is 0. The molecule has 2 aliphatic carbocycles. The van der Waals surface area contributed by atoms with Crippen molar-refractivity contribution in [1.29, 1.82) is 0 Å². The molecule has 0 aromatic heterocycles. The van der Waals surface area contributed by atoms with Crippen LogP contribution in [0.4, 0.5) is 0 Å². The van der Waals surface area contributed by atoms with E-state index in [2.05, 4.69) is 147 Å². The van der Waals surface area contributed by atoms with Crippen LogP contribution >= 0.6 is 0 Å². The molecule has 0 saturated heterocycles. The number of benzene rings is 8. The number of fused-ring (bicyclic) bond motifs is 9. The van der Waals surface area contributed by atoms with Crippen molar-refractivity contribution in [2.24, 2.45) is 5.73 Å². The highest BCUT2D eigenvalue weighted by molar-refractivity contribution is 6.40. The molecule has 0 fully saturated rings. The van der Waals surface area contributed by atoms with E-state index in [1.807, 2.05) is 67.5 Å². The molecule has 1 nitrogen and oxygen atoms in total. The van der Waals surface area contributed by atoms with Crippen LogP contribution in [0.25, 0.3) is 111 Å². The van der Waals surface area contributed by atoms with Gasteiger partial charge < -0.3 is 5.73 Å². The third-order valence-electron chi connectivity index (χ3n) is 11.7. The topological polar surface area (TPSA) is 26.0 Å². The van der Waals surface area contributed by atoms with Crippen molar-refractivity contribution in [1.82, 2.24) is 0 Å². The van der Waals surface area contributed by atoms with Gasteiger partial charge in [-0.15, -0.1) is 0 Å². The van der Waals surface area contributed by atoms with Crippen molar-refractivity contribution in [3.8, 4) is 44.5 Å². The van der Waals surface area contributed by atoms with Gasteiger partial charge in [0.1, 0.15) is 0 Å². The number of aryl methyl sites for hydroxylation is 2. The van der Waals surface area contributed by atoms with Gasteiger partial charge in [-0.05, 0) is 166 Å². The Bertz CT molecular complexity index is 2590. The van der Waals surface area contributed by atoms with Gasteiger partial charge >= 0.3 is 0 Å². The average Bonchev–Trinajstić information content (AvgIpc) is 3.86.